The molecule has 0 aliphatic carbocycles. The minimum Gasteiger partial charge on any atom is -0.423 e. The van der Waals surface area contributed by atoms with Gasteiger partial charge in [-0.3, -0.25) is 0 Å². The highest BCUT2D eigenvalue weighted by molar-refractivity contribution is 5.98. The SMILES string of the molecule is CC(C)(Cc1ccc(F)cc1)O[SiH3]. The Balaban J connectivity index is 2.69. The molecule has 1 rings (SSSR count). The van der Waals surface area contributed by atoms with Crippen molar-refractivity contribution in [3.05, 3.63) is 35.6 Å². The van der Waals surface area contributed by atoms with E-state index in [1.54, 1.807) is 12.1 Å². The van der Waals surface area contributed by atoms with Crippen molar-refractivity contribution < 1.29 is 8.82 Å². The van der Waals surface area contributed by atoms with Gasteiger partial charge in [-0.05, 0) is 38.0 Å². The topological polar surface area (TPSA) is 9.23 Å². The molecule has 72 valence electrons. The Kier molecular flexibility index (Phi) is 3.22. The average Bonchev–Trinajstić information content (AvgIpc) is 2.09. The summed E-state index contributed by atoms with van der Waals surface area (Å²) in [5, 5.41) is 0. The fourth-order valence-electron chi connectivity index (χ4n) is 1.17. The average molecular weight is 198 g/mol. The van der Waals surface area contributed by atoms with Crippen molar-refractivity contribution in [1.29, 1.82) is 0 Å². The molecule has 1 aromatic carbocycles. The Morgan fingerprint density at radius 2 is 1.85 bits per heavy atom. The van der Waals surface area contributed by atoms with Crippen molar-refractivity contribution in [2.75, 3.05) is 0 Å². The van der Waals surface area contributed by atoms with E-state index in [0.29, 0.717) is 0 Å². The summed E-state index contributed by atoms with van der Waals surface area (Å²) in [5.41, 5.74) is 0.992. The first-order valence-electron chi connectivity index (χ1n) is 4.33. The van der Waals surface area contributed by atoms with Gasteiger partial charge in [0.05, 0.1) is 5.60 Å². The van der Waals surface area contributed by atoms with Crippen LogP contribution in [-0.2, 0) is 10.8 Å². The largest absolute Gasteiger partial charge is 0.423 e. The van der Waals surface area contributed by atoms with E-state index in [1.165, 1.54) is 12.1 Å². The van der Waals surface area contributed by atoms with E-state index < -0.39 is 0 Å². The highest BCUT2D eigenvalue weighted by Crippen LogP contribution is 2.15. The molecule has 1 nitrogen and oxygen atoms in total. The van der Waals surface area contributed by atoms with Crippen molar-refractivity contribution >= 4 is 10.5 Å². The van der Waals surface area contributed by atoms with Gasteiger partial charge >= 0.3 is 0 Å². The highest BCUT2D eigenvalue weighted by atomic mass is 28.2. The van der Waals surface area contributed by atoms with Crippen LogP contribution in [0.25, 0.3) is 0 Å². The summed E-state index contributed by atoms with van der Waals surface area (Å²) in [6.45, 7) is 4.09. The Labute approximate surface area is 81.5 Å². The van der Waals surface area contributed by atoms with E-state index >= 15 is 0 Å². The van der Waals surface area contributed by atoms with Gasteiger partial charge in [0.2, 0.25) is 0 Å². The van der Waals surface area contributed by atoms with Crippen molar-refractivity contribution in [1.82, 2.24) is 0 Å². The van der Waals surface area contributed by atoms with E-state index in [-0.39, 0.29) is 11.4 Å². The van der Waals surface area contributed by atoms with E-state index in [4.69, 9.17) is 4.43 Å². The van der Waals surface area contributed by atoms with Crippen LogP contribution in [0.2, 0.25) is 0 Å². The normalized spacial score (nSPS) is 11.9. The molecular weight excluding hydrogens is 183 g/mol. The molecule has 0 N–H and O–H groups in total. The van der Waals surface area contributed by atoms with Crippen LogP contribution in [0.1, 0.15) is 19.4 Å². The molecule has 0 radical (unpaired) electrons. The van der Waals surface area contributed by atoms with E-state index in [1.807, 2.05) is 13.8 Å². The van der Waals surface area contributed by atoms with Crippen LogP contribution < -0.4 is 0 Å². The van der Waals surface area contributed by atoms with Gasteiger partial charge in [0.15, 0.2) is 0 Å². The van der Waals surface area contributed by atoms with Gasteiger partial charge in [-0.2, -0.15) is 0 Å². The van der Waals surface area contributed by atoms with Gasteiger partial charge in [-0.15, -0.1) is 0 Å². The summed E-state index contributed by atoms with van der Waals surface area (Å²) in [7, 11) is 0.732. The van der Waals surface area contributed by atoms with Crippen molar-refractivity contribution in [2.24, 2.45) is 0 Å². The molecule has 0 aromatic heterocycles. The summed E-state index contributed by atoms with van der Waals surface area (Å²) in [5.74, 6) is -0.187. The van der Waals surface area contributed by atoms with E-state index in [2.05, 4.69) is 0 Å². The van der Waals surface area contributed by atoms with Crippen LogP contribution >= 0.6 is 0 Å². The quantitative estimate of drug-likeness (QED) is 0.668. The molecule has 0 fully saturated rings. The Hall–Kier alpha value is -0.673. The lowest BCUT2D eigenvalue weighted by atomic mass is 9.99. The smallest absolute Gasteiger partial charge is 0.146 e. The Morgan fingerprint density at radius 1 is 1.31 bits per heavy atom. The molecule has 0 amide bonds. The van der Waals surface area contributed by atoms with Gasteiger partial charge in [0, 0.05) is 0 Å². The molecule has 0 spiro atoms. The first-order valence-corrected chi connectivity index (χ1v) is 5.15. The standard InChI is InChI=1S/C10H15FOSi/c1-10(2,12-13)7-8-3-5-9(11)6-4-8/h3-6H,7H2,1-2,13H3. The molecule has 0 bridgehead atoms. The van der Waals surface area contributed by atoms with Crippen molar-refractivity contribution in [2.45, 2.75) is 25.9 Å². The van der Waals surface area contributed by atoms with Crippen molar-refractivity contribution in [3.63, 3.8) is 0 Å². The zero-order valence-electron chi connectivity index (χ0n) is 8.30. The summed E-state index contributed by atoms with van der Waals surface area (Å²) in [6, 6.07) is 6.58. The number of hydrogen-bond donors (Lipinski definition) is 0. The molecule has 1 aromatic rings. The summed E-state index contributed by atoms with van der Waals surface area (Å²) < 4.78 is 18.0. The molecule has 0 atom stereocenters. The molecular formula is C10H15FOSi. The maximum absolute atomic E-state index is 12.6. The molecule has 0 aliphatic rings. The number of benzene rings is 1. The van der Waals surface area contributed by atoms with Crippen LogP contribution in [-0.4, -0.2) is 16.1 Å². The van der Waals surface area contributed by atoms with Crippen LogP contribution in [0.4, 0.5) is 4.39 Å². The van der Waals surface area contributed by atoms with Gasteiger partial charge in [-0.1, -0.05) is 12.1 Å². The molecule has 0 saturated heterocycles. The molecule has 3 heteroatoms. The third-order valence-electron chi connectivity index (χ3n) is 2.10. The Morgan fingerprint density at radius 3 is 2.31 bits per heavy atom. The molecule has 13 heavy (non-hydrogen) atoms. The van der Waals surface area contributed by atoms with Gasteiger partial charge in [0.25, 0.3) is 0 Å². The zero-order chi connectivity index (χ0) is 9.90. The number of rotatable bonds is 3. The second kappa shape index (κ2) is 4.02. The maximum Gasteiger partial charge on any atom is 0.146 e. The van der Waals surface area contributed by atoms with Crippen LogP contribution in [0.5, 0.6) is 0 Å². The molecule has 0 heterocycles. The molecule has 0 saturated carbocycles. The third-order valence-corrected chi connectivity index (χ3v) is 3.20. The minimum absolute atomic E-state index is 0.121. The minimum atomic E-state index is -0.187. The maximum atomic E-state index is 12.6. The van der Waals surface area contributed by atoms with E-state index in [9.17, 15) is 4.39 Å². The Bertz CT molecular complexity index is 269. The van der Waals surface area contributed by atoms with Crippen LogP contribution in [0, 0.1) is 5.82 Å². The van der Waals surface area contributed by atoms with Gasteiger partial charge in [-0.25, -0.2) is 4.39 Å². The third kappa shape index (κ3) is 3.28. The second-order valence-electron chi connectivity index (χ2n) is 3.77. The fraction of sp³-hybridized carbons (Fsp3) is 0.400. The molecule has 0 unspecified atom stereocenters. The predicted octanol–water partition coefficient (Wildman–Crippen LogP) is 1.44. The predicted molar refractivity (Wildman–Crippen MR) is 55.2 cm³/mol. The van der Waals surface area contributed by atoms with Gasteiger partial charge < -0.3 is 4.43 Å². The monoisotopic (exact) mass is 198 g/mol. The lowest BCUT2D eigenvalue weighted by molar-refractivity contribution is 0.124. The van der Waals surface area contributed by atoms with Crippen LogP contribution in [0.15, 0.2) is 24.3 Å². The van der Waals surface area contributed by atoms with Crippen LogP contribution in [0.3, 0.4) is 0 Å². The zero-order valence-corrected chi connectivity index (χ0v) is 10.3. The number of halogens is 1. The summed E-state index contributed by atoms with van der Waals surface area (Å²) in [4.78, 5) is 0. The second-order valence-corrected chi connectivity index (χ2v) is 4.18. The first-order chi connectivity index (χ1) is 6.03. The van der Waals surface area contributed by atoms with Gasteiger partial charge in [0.1, 0.15) is 16.3 Å². The fourth-order valence-corrected chi connectivity index (χ4v) is 1.31. The van der Waals surface area contributed by atoms with E-state index in [0.717, 1.165) is 22.5 Å². The number of hydrogen-bond acceptors (Lipinski definition) is 1. The summed E-state index contributed by atoms with van der Waals surface area (Å²) >= 11 is 0. The molecule has 0 aliphatic heterocycles. The first kappa shape index (κ1) is 10.4. The summed E-state index contributed by atoms with van der Waals surface area (Å²) in [6.07, 6.45) is 0.830. The highest BCUT2D eigenvalue weighted by Gasteiger charge is 2.15. The lowest BCUT2D eigenvalue weighted by Crippen LogP contribution is -2.26. The lowest BCUT2D eigenvalue weighted by Gasteiger charge is -2.23. The van der Waals surface area contributed by atoms with Crippen molar-refractivity contribution in [3.8, 4) is 0 Å².